The van der Waals surface area contributed by atoms with E-state index in [1.54, 1.807) is 86.8 Å². The zero-order chi connectivity index (χ0) is 50.7. The number of nitrogens with one attached hydrogen (secondary N) is 1. The second kappa shape index (κ2) is 28.7. The van der Waals surface area contributed by atoms with Gasteiger partial charge in [0.25, 0.3) is 0 Å². The first kappa shape index (κ1) is 58.4. The Hall–Kier alpha value is -3.93. The van der Waals surface area contributed by atoms with Crippen LogP contribution < -0.4 is 5.32 Å². The number of hydrogen-bond acceptors (Lipinski definition) is 17. The fourth-order valence-electron chi connectivity index (χ4n) is 8.34. The van der Waals surface area contributed by atoms with Crippen molar-refractivity contribution in [1.29, 1.82) is 0 Å². The molecular formula is C49H75NO18. The predicted octanol–water partition coefficient (Wildman–Crippen LogP) is 0.889. The number of esters is 1. The van der Waals surface area contributed by atoms with Gasteiger partial charge in [-0.25, -0.2) is 0 Å². The smallest absolute Gasteiger partial charge is 0.311 e. The van der Waals surface area contributed by atoms with E-state index in [1.165, 1.54) is 19.9 Å². The number of hydrogen-bond donors (Lipinski definition) is 12. The van der Waals surface area contributed by atoms with Crippen LogP contribution in [0.5, 0.6) is 0 Å². The Morgan fingerprint density at radius 3 is 1.81 bits per heavy atom. The van der Waals surface area contributed by atoms with Gasteiger partial charge in [0.05, 0.1) is 73.5 Å². The SMILES string of the molecule is CC(=O)N[C@H]1[C@H](O)[C@@H](O[C@H]2/C=C/C=C/C=C/C=C/C=C/C=C\C=C\[C@H](C)[C@@H](O)[C@@H](C)[C@H](C)OC(=O)C[C@H](O)C[C@H](O)CC[C@@H](O)[C@H](O)C[C@H](O)C[C@]3(O)C[C@H](O)[C@@H](C(=O)O)[C@H](C2)O3)O[C@@H](C)[C@H]1O. The highest BCUT2D eigenvalue weighted by Crippen LogP contribution is 2.38. The molecule has 3 rings (SSSR count). The van der Waals surface area contributed by atoms with E-state index in [-0.39, 0.29) is 31.6 Å². The lowest BCUT2D eigenvalue weighted by atomic mass is 9.82. The van der Waals surface area contributed by atoms with Crippen molar-refractivity contribution in [3.63, 3.8) is 0 Å². The first-order valence-corrected chi connectivity index (χ1v) is 23.2. The monoisotopic (exact) mass is 965 g/mol. The molecule has 0 aromatic carbocycles. The van der Waals surface area contributed by atoms with Gasteiger partial charge >= 0.3 is 11.9 Å². The highest BCUT2D eigenvalue weighted by atomic mass is 16.7. The quantitative estimate of drug-likeness (QED) is 0.174. The zero-order valence-electron chi connectivity index (χ0n) is 39.4. The molecule has 0 aliphatic carbocycles. The molecule has 0 aromatic rings. The zero-order valence-corrected chi connectivity index (χ0v) is 39.4. The van der Waals surface area contributed by atoms with Gasteiger partial charge in [-0.2, -0.15) is 0 Å². The summed E-state index contributed by atoms with van der Waals surface area (Å²) < 4.78 is 23.3. The molecule has 3 aliphatic rings. The Morgan fingerprint density at radius 1 is 0.662 bits per heavy atom. The molecule has 19 nitrogen and oxygen atoms in total. The summed E-state index contributed by atoms with van der Waals surface area (Å²) in [5.74, 6) is -7.49. The van der Waals surface area contributed by atoms with Crippen LogP contribution in [0.2, 0.25) is 0 Å². The van der Waals surface area contributed by atoms with Crippen molar-refractivity contribution >= 4 is 17.8 Å². The molecule has 3 aliphatic heterocycles. The molecule has 0 unspecified atom stereocenters. The number of carboxylic acid groups (broad SMARTS) is 1. The molecule has 0 spiro atoms. The maximum absolute atomic E-state index is 12.6. The molecule has 68 heavy (non-hydrogen) atoms. The second-order valence-corrected chi connectivity index (χ2v) is 18.2. The largest absolute Gasteiger partial charge is 0.481 e. The van der Waals surface area contributed by atoms with E-state index in [0.717, 1.165) is 0 Å². The lowest BCUT2D eigenvalue weighted by molar-refractivity contribution is -0.309. The van der Waals surface area contributed by atoms with Crippen molar-refractivity contribution in [3.05, 3.63) is 85.1 Å². The summed E-state index contributed by atoms with van der Waals surface area (Å²) in [7, 11) is 0. The minimum Gasteiger partial charge on any atom is -0.481 e. The highest BCUT2D eigenvalue weighted by molar-refractivity contribution is 5.73. The number of aliphatic carboxylic acids is 1. The van der Waals surface area contributed by atoms with Gasteiger partial charge < -0.3 is 80.4 Å². The van der Waals surface area contributed by atoms with Crippen LogP contribution in [0, 0.1) is 17.8 Å². The van der Waals surface area contributed by atoms with Crippen molar-refractivity contribution < 1.29 is 89.5 Å². The van der Waals surface area contributed by atoms with Crippen LogP contribution in [0.4, 0.5) is 0 Å². The molecule has 1 amide bonds. The van der Waals surface area contributed by atoms with Crippen LogP contribution in [0.3, 0.4) is 0 Å². The van der Waals surface area contributed by atoms with Crippen molar-refractivity contribution in [2.45, 2.75) is 183 Å². The first-order valence-electron chi connectivity index (χ1n) is 23.2. The Balaban J connectivity index is 1.90. The third kappa shape index (κ3) is 19.5. The Morgan fingerprint density at radius 2 is 1.24 bits per heavy atom. The number of cyclic esters (lactones) is 1. The average Bonchev–Trinajstić information content (AvgIpc) is 3.24. The Labute approximate surface area is 398 Å². The van der Waals surface area contributed by atoms with E-state index in [9.17, 15) is 70.6 Å². The van der Waals surface area contributed by atoms with Crippen molar-refractivity contribution in [1.82, 2.24) is 5.32 Å². The molecule has 3 heterocycles. The molecule has 384 valence electrons. The summed E-state index contributed by atoms with van der Waals surface area (Å²) >= 11 is 0. The first-order chi connectivity index (χ1) is 32.0. The van der Waals surface area contributed by atoms with Gasteiger partial charge in [0.1, 0.15) is 24.2 Å². The van der Waals surface area contributed by atoms with Crippen molar-refractivity contribution in [3.8, 4) is 0 Å². The average molecular weight is 966 g/mol. The summed E-state index contributed by atoms with van der Waals surface area (Å²) in [6.45, 7) is 7.90. The number of carboxylic acids is 1. The summed E-state index contributed by atoms with van der Waals surface area (Å²) in [6, 6.07) is -1.21. The molecule has 0 saturated carbocycles. The topological polar surface area (TPSA) is 323 Å². The predicted molar refractivity (Wildman–Crippen MR) is 247 cm³/mol. The number of rotatable bonds is 4. The number of fused-ring (bicyclic) bond motifs is 2. The van der Waals surface area contributed by atoms with E-state index >= 15 is 0 Å². The second-order valence-electron chi connectivity index (χ2n) is 18.2. The van der Waals surface area contributed by atoms with Crippen molar-refractivity contribution in [2.24, 2.45) is 17.8 Å². The van der Waals surface area contributed by atoms with E-state index < -0.39 is 153 Å². The Kier molecular flexibility index (Phi) is 24.6. The van der Waals surface area contributed by atoms with E-state index in [2.05, 4.69) is 5.32 Å². The highest BCUT2D eigenvalue weighted by Gasteiger charge is 2.51. The number of carbonyl (C=O) groups is 3. The van der Waals surface area contributed by atoms with Gasteiger partial charge in [0.15, 0.2) is 12.1 Å². The molecule has 19 atom stereocenters. The van der Waals surface area contributed by atoms with Crippen LogP contribution in [-0.2, 0) is 33.3 Å². The molecule has 2 fully saturated rings. The third-order valence-corrected chi connectivity index (χ3v) is 12.3. The summed E-state index contributed by atoms with van der Waals surface area (Å²) in [5, 5.41) is 122. The number of aliphatic hydroxyl groups excluding tert-OH is 9. The molecule has 0 aromatic heterocycles. The maximum atomic E-state index is 12.6. The molecule has 0 radical (unpaired) electrons. The van der Waals surface area contributed by atoms with Crippen LogP contribution in [0.25, 0.3) is 0 Å². The number of aliphatic hydroxyl groups is 10. The van der Waals surface area contributed by atoms with Gasteiger partial charge in [0, 0.05) is 44.4 Å². The number of amides is 1. The van der Waals surface area contributed by atoms with Gasteiger partial charge in [-0.1, -0.05) is 98.9 Å². The molecule has 2 bridgehead atoms. The number of carbonyl (C=O) groups excluding carboxylic acids is 2. The number of ether oxygens (including phenoxy) is 4. The van der Waals surface area contributed by atoms with Gasteiger partial charge in [-0.05, 0) is 33.1 Å². The van der Waals surface area contributed by atoms with E-state index in [0.29, 0.717) is 0 Å². The van der Waals surface area contributed by atoms with Crippen LogP contribution in [-0.4, -0.2) is 171 Å². The Bertz CT molecular complexity index is 1780. The fourth-order valence-corrected chi connectivity index (χ4v) is 8.34. The van der Waals surface area contributed by atoms with Gasteiger partial charge in [-0.3, -0.25) is 14.4 Å². The standard InChI is InChI=1S/C49H75NO18/c1-28-18-16-14-12-10-8-6-7-9-11-13-15-17-19-36(67-48-46(61)43(50-32(5)51)45(60)31(4)66-48)25-40-42(47(62)63)39(57)27-49(64,68-40)26-35(54)23-38(56)37(55)21-20-33(52)22-34(53)24-41(58)65-30(3)29(2)44(28)59/h6-19,28-31,33-40,42-46,48,52-57,59-61,64H,20-27H2,1-5H3,(H,50,51)(H,62,63)/b7-6+,10-8+,11-9+,14-12-,15-13+,18-16+,19-17+/t28-,29-,30-,31-,33+,34+,35-,36-,37+,38+,39-,40-,42+,43+,44+,45+,46-,48+,49+/m0/s1. The van der Waals surface area contributed by atoms with E-state index in [4.69, 9.17) is 18.9 Å². The van der Waals surface area contributed by atoms with Crippen LogP contribution in [0.15, 0.2) is 85.1 Å². The summed E-state index contributed by atoms with van der Waals surface area (Å²) in [5.41, 5.74) is 0. The summed E-state index contributed by atoms with van der Waals surface area (Å²) in [4.78, 5) is 37.1. The van der Waals surface area contributed by atoms with Crippen LogP contribution in [0.1, 0.15) is 86.0 Å². The molecule has 2 saturated heterocycles. The molecular weight excluding hydrogens is 891 g/mol. The molecule has 19 heteroatoms. The lowest BCUT2D eigenvalue weighted by Gasteiger charge is -2.45. The van der Waals surface area contributed by atoms with Gasteiger partial charge in [-0.15, -0.1) is 0 Å². The fraction of sp³-hybridized carbons (Fsp3) is 0.653. The van der Waals surface area contributed by atoms with E-state index in [1.807, 2.05) is 13.0 Å². The lowest BCUT2D eigenvalue weighted by Crippen LogP contribution is -2.64. The van der Waals surface area contributed by atoms with Crippen molar-refractivity contribution in [2.75, 3.05) is 0 Å². The molecule has 12 N–H and O–H groups in total. The normalized spacial score (nSPS) is 43.9. The van der Waals surface area contributed by atoms with Crippen LogP contribution >= 0.6 is 0 Å². The van der Waals surface area contributed by atoms with Gasteiger partial charge in [0.2, 0.25) is 5.91 Å². The maximum Gasteiger partial charge on any atom is 0.311 e. The summed E-state index contributed by atoms with van der Waals surface area (Å²) in [6.07, 6.45) is 2.48. The number of allylic oxidation sites excluding steroid dienone is 12. The minimum absolute atomic E-state index is 0.119. The third-order valence-electron chi connectivity index (χ3n) is 12.3. The minimum atomic E-state index is -2.36.